The Balaban J connectivity index is 1.53. The Bertz CT molecular complexity index is 669. The molecule has 122 valence electrons. The third kappa shape index (κ3) is 3.91. The number of hydrogen-bond donors (Lipinski definition) is 1. The maximum absolute atomic E-state index is 13.8. The fourth-order valence-corrected chi connectivity index (χ4v) is 3.52. The molecular weight excluding hydrogens is 309 g/mol. The largest absolute Gasteiger partial charge is 0.353 e. The van der Waals surface area contributed by atoms with Gasteiger partial charge in [-0.3, -0.25) is 4.99 Å². The Morgan fingerprint density at radius 1 is 1.35 bits per heavy atom. The van der Waals surface area contributed by atoms with E-state index in [0.29, 0.717) is 0 Å². The van der Waals surface area contributed by atoms with E-state index < -0.39 is 0 Å². The quantitative estimate of drug-likeness (QED) is 0.671. The number of thiophene rings is 1. The minimum absolute atomic E-state index is 0.108. The number of nitrogens with one attached hydrogen (secondary N) is 1. The molecule has 3 rings (SSSR count). The highest BCUT2D eigenvalue weighted by molar-refractivity contribution is 7.09. The van der Waals surface area contributed by atoms with Crippen molar-refractivity contribution in [3.8, 4) is 0 Å². The number of aliphatic imine (C=N–C) groups is 1. The number of benzene rings is 1. The van der Waals surface area contributed by atoms with Gasteiger partial charge in [-0.2, -0.15) is 0 Å². The van der Waals surface area contributed by atoms with Crippen LogP contribution in [-0.2, 0) is 6.42 Å². The van der Waals surface area contributed by atoms with Crippen molar-refractivity contribution in [2.75, 3.05) is 20.6 Å². The number of hydrogen-bond acceptors (Lipinski definition) is 2. The van der Waals surface area contributed by atoms with Gasteiger partial charge in [0.05, 0.1) is 0 Å². The number of likely N-dealkylation sites (N-methyl/N-ethyl adjacent to an activating group) is 1. The molecule has 2 atom stereocenters. The van der Waals surface area contributed by atoms with Crippen LogP contribution < -0.4 is 5.32 Å². The van der Waals surface area contributed by atoms with E-state index in [0.717, 1.165) is 30.9 Å². The van der Waals surface area contributed by atoms with Gasteiger partial charge in [-0.1, -0.05) is 24.3 Å². The Kier molecular flexibility index (Phi) is 4.96. The van der Waals surface area contributed by atoms with E-state index in [2.05, 4.69) is 32.7 Å². The molecular formula is C18H22FN3S. The molecule has 1 saturated carbocycles. The number of halogens is 1. The van der Waals surface area contributed by atoms with E-state index in [1.54, 1.807) is 24.5 Å². The van der Waals surface area contributed by atoms with Gasteiger partial charge >= 0.3 is 0 Å². The van der Waals surface area contributed by atoms with E-state index in [1.807, 2.05) is 19.2 Å². The first kappa shape index (κ1) is 16.0. The molecule has 0 bridgehead atoms. The summed E-state index contributed by atoms with van der Waals surface area (Å²) in [4.78, 5) is 7.87. The lowest BCUT2D eigenvalue weighted by molar-refractivity contribution is 0.485. The highest BCUT2D eigenvalue weighted by atomic mass is 32.1. The molecule has 0 saturated heterocycles. The topological polar surface area (TPSA) is 27.6 Å². The van der Waals surface area contributed by atoms with E-state index >= 15 is 0 Å². The molecule has 2 unspecified atom stereocenters. The van der Waals surface area contributed by atoms with Crippen LogP contribution in [0.3, 0.4) is 0 Å². The summed E-state index contributed by atoms with van der Waals surface area (Å²) >= 11 is 1.78. The highest BCUT2D eigenvalue weighted by Crippen LogP contribution is 2.41. The Morgan fingerprint density at radius 3 is 2.87 bits per heavy atom. The van der Waals surface area contributed by atoms with Crippen LogP contribution in [0.4, 0.5) is 4.39 Å². The van der Waals surface area contributed by atoms with Crippen molar-refractivity contribution in [2.45, 2.75) is 24.8 Å². The van der Waals surface area contributed by atoms with Crippen LogP contribution in [0.15, 0.2) is 46.8 Å². The molecule has 1 aliphatic rings. The zero-order valence-corrected chi connectivity index (χ0v) is 14.3. The normalized spacial score (nSPS) is 20.4. The molecule has 1 aromatic carbocycles. The van der Waals surface area contributed by atoms with E-state index in [4.69, 9.17) is 0 Å². The molecule has 1 aromatic heterocycles. The van der Waals surface area contributed by atoms with Crippen molar-refractivity contribution in [3.05, 3.63) is 58.0 Å². The van der Waals surface area contributed by atoms with Crippen molar-refractivity contribution in [2.24, 2.45) is 4.99 Å². The standard InChI is InChI=1S/C18H22FN3S/c1-20-18(22(2)10-9-13-6-5-11-23-13)21-17-12-15(17)14-7-3-4-8-16(14)19/h3-8,11,15,17H,9-10,12H2,1-2H3,(H,20,21). The van der Waals surface area contributed by atoms with Gasteiger partial charge in [-0.05, 0) is 35.9 Å². The van der Waals surface area contributed by atoms with E-state index in [9.17, 15) is 4.39 Å². The minimum atomic E-state index is -0.108. The molecule has 2 aromatic rings. The highest BCUT2D eigenvalue weighted by Gasteiger charge is 2.40. The lowest BCUT2D eigenvalue weighted by atomic mass is 10.1. The average molecular weight is 331 g/mol. The lowest BCUT2D eigenvalue weighted by Crippen LogP contribution is -2.41. The SMILES string of the molecule is CN=C(NC1CC1c1ccccc1F)N(C)CCc1cccs1. The van der Waals surface area contributed by atoms with Crippen LogP contribution in [0, 0.1) is 5.82 Å². The van der Waals surface area contributed by atoms with Crippen molar-refractivity contribution in [1.82, 2.24) is 10.2 Å². The molecule has 0 aliphatic heterocycles. The minimum Gasteiger partial charge on any atom is -0.353 e. The summed E-state index contributed by atoms with van der Waals surface area (Å²) in [5.74, 6) is 1.02. The molecule has 1 fully saturated rings. The predicted molar refractivity (Wildman–Crippen MR) is 94.7 cm³/mol. The van der Waals surface area contributed by atoms with Crippen LogP contribution in [0.5, 0.6) is 0 Å². The third-order valence-corrected chi connectivity index (χ3v) is 5.19. The fourth-order valence-electron chi connectivity index (χ4n) is 2.82. The molecule has 1 heterocycles. The molecule has 23 heavy (non-hydrogen) atoms. The maximum atomic E-state index is 13.8. The van der Waals surface area contributed by atoms with Gasteiger partial charge in [-0.15, -0.1) is 11.3 Å². The number of nitrogens with zero attached hydrogens (tertiary/aromatic N) is 2. The smallest absolute Gasteiger partial charge is 0.193 e. The lowest BCUT2D eigenvalue weighted by Gasteiger charge is -2.22. The Hall–Kier alpha value is -1.88. The summed E-state index contributed by atoms with van der Waals surface area (Å²) < 4.78 is 13.8. The van der Waals surface area contributed by atoms with E-state index in [1.165, 1.54) is 10.9 Å². The fraction of sp³-hybridized carbons (Fsp3) is 0.389. The van der Waals surface area contributed by atoms with Crippen LogP contribution in [0.1, 0.15) is 22.8 Å². The van der Waals surface area contributed by atoms with Gasteiger partial charge in [0.25, 0.3) is 0 Å². The Morgan fingerprint density at radius 2 is 2.17 bits per heavy atom. The monoisotopic (exact) mass is 331 g/mol. The summed E-state index contributed by atoms with van der Waals surface area (Å²) in [6, 6.07) is 11.6. The van der Waals surface area contributed by atoms with Gasteiger partial charge in [0.1, 0.15) is 5.82 Å². The molecule has 0 radical (unpaired) electrons. The van der Waals surface area contributed by atoms with Gasteiger partial charge in [-0.25, -0.2) is 4.39 Å². The second-order valence-electron chi connectivity index (χ2n) is 5.91. The van der Waals surface area contributed by atoms with E-state index in [-0.39, 0.29) is 17.8 Å². The van der Waals surface area contributed by atoms with Crippen molar-refractivity contribution < 1.29 is 4.39 Å². The second kappa shape index (κ2) is 7.13. The van der Waals surface area contributed by atoms with Gasteiger partial charge < -0.3 is 10.2 Å². The summed E-state index contributed by atoms with van der Waals surface area (Å²) in [7, 11) is 3.84. The Labute approximate surface area is 140 Å². The summed E-state index contributed by atoms with van der Waals surface area (Å²) in [5.41, 5.74) is 0.807. The molecule has 5 heteroatoms. The average Bonchev–Trinajstić information content (AvgIpc) is 3.11. The number of guanidine groups is 1. The molecule has 0 spiro atoms. The molecule has 1 aliphatic carbocycles. The van der Waals surface area contributed by atoms with Crippen molar-refractivity contribution in [1.29, 1.82) is 0 Å². The maximum Gasteiger partial charge on any atom is 0.193 e. The van der Waals surface area contributed by atoms with Gasteiger partial charge in [0.15, 0.2) is 5.96 Å². The summed E-state index contributed by atoms with van der Waals surface area (Å²) in [5, 5.41) is 5.56. The van der Waals surface area contributed by atoms with Gasteiger partial charge in [0, 0.05) is 37.5 Å². The first-order chi connectivity index (χ1) is 11.2. The van der Waals surface area contributed by atoms with Crippen LogP contribution in [-0.4, -0.2) is 37.5 Å². The van der Waals surface area contributed by atoms with Crippen LogP contribution in [0.2, 0.25) is 0 Å². The number of rotatable bonds is 5. The molecule has 0 amide bonds. The first-order valence-electron chi connectivity index (χ1n) is 7.90. The molecule has 3 nitrogen and oxygen atoms in total. The van der Waals surface area contributed by atoms with Crippen LogP contribution in [0.25, 0.3) is 0 Å². The summed E-state index contributed by atoms with van der Waals surface area (Å²) in [6.45, 7) is 0.914. The second-order valence-corrected chi connectivity index (χ2v) is 6.94. The third-order valence-electron chi connectivity index (χ3n) is 4.26. The first-order valence-corrected chi connectivity index (χ1v) is 8.78. The van der Waals surface area contributed by atoms with Gasteiger partial charge in [0.2, 0.25) is 0 Å². The van der Waals surface area contributed by atoms with Crippen molar-refractivity contribution in [3.63, 3.8) is 0 Å². The molecule has 1 N–H and O–H groups in total. The van der Waals surface area contributed by atoms with Crippen LogP contribution >= 0.6 is 11.3 Å². The zero-order valence-electron chi connectivity index (χ0n) is 13.5. The zero-order chi connectivity index (χ0) is 16.2. The predicted octanol–water partition coefficient (Wildman–Crippen LogP) is 3.49. The summed E-state index contributed by atoms with van der Waals surface area (Å²) in [6.07, 6.45) is 1.97. The van der Waals surface area contributed by atoms with Crippen molar-refractivity contribution >= 4 is 17.3 Å².